The Balaban J connectivity index is 1.51. The van der Waals surface area contributed by atoms with E-state index in [9.17, 15) is 4.79 Å². The molecule has 1 unspecified atom stereocenters. The number of aromatic nitrogens is 2. The minimum absolute atomic E-state index is 0.0650. The van der Waals surface area contributed by atoms with Gasteiger partial charge in [0.05, 0.1) is 5.56 Å². The molecule has 5 heteroatoms. The van der Waals surface area contributed by atoms with Gasteiger partial charge in [-0.05, 0) is 38.3 Å². The molecule has 2 aromatic heterocycles. The fourth-order valence-electron chi connectivity index (χ4n) is 3.98. The molecule has 0 aliphatic carbocycles. The monoisotopic (exact) mass is 363 g/mol. The lowest BCUT2D eigenvalue weighted by molar-refractivity contribution is 0.0701. The summed E-state index contributed by atoms with van der Waals surface area (Å²) in [5.41, 5.74) is 1.94. The molecule has 1 aliphatic rings. The number of hydrogen-bond acceptors (Lipinski definition) is 3. The number of imidazole rings is 1. The largest absolute Gasteiger partial charge is 0.466 e. The van der Waals surface area contributed by atoms with E-state index in [2.05, 4.69) is 33.8 Å². The van der Waals surface area contributed by atoms with E-state index >= 15 is 0 Å². The second-order valence-electron chi connectivity index (χ2n) is 7.32. The molecule has 1 saturated heterocycles. The van der Waals surface area contributed by atoms with Crippen LogP contribution in [-0.2, 0) is 6.54 Å². The third-order valence-corrected chi connectivity index (χ3v) is 5.29. The molecule has 0 spiro atoms. The number of nitrogens with zero attached hydrogens (tertiary/aromatic N) is 3. The number of furan rings is 1. The zero-order valence-corrected chi connectivity index (χ0v) is 15.9. The van der Waals surface area contributed by atoms with Crippen LogP contribution in [0.5, 0.6) is 0 Å². The Kier molecular flexibility index (Phi) is 4.84. The first kappa shape index (κ1) is 17.6. The number of hydrogen-bond donors (Lipinski definition) is 0. The van der Waals surface area contributed by atoms with E-state index in [1.54, 1.807) is 0 Å². The van der Waals surface area contributed by atoms with E-state index in [-0.39, 0.29) is 11.8 Å². The normalized spacial score (nSPS) is 17.3. The molecule has 0 bridgehead atoms. The van der Waals surface area contributed by atoms with Crippen LogP contribution < -0.4 is 0 Å². The third-order valence-electron chi connectivity index (χ3n) is 5.29. The molecule has 5 nitrogen and oxygen atoms in total. The van der Waals surface area contributed by atoms with E-state index in [4.69, 9.17) is 4.42 Å². The van der Waals surface area contributed by atoms with Gasteiger partial charge in [-0.15, -0.1) is 0 Å². The molecule has 3 aromatic rings. The molecule has 3 heterocycles. The second-order valence-corrected chi connectivity index (χ2v) is 7.32. The van der Waals surface area contributed by atoms with E-state index in [0.717, 1.165) is 37.5 Å². The fourth-order valence-corrected chi connectivity index (χ4v) is 3.98. The van der Waals surface area contributed by atoms with Crippen molar-refractivity contribution in [2.45, 2.75) is 39.2 Å². The van der Waals surface area contributed by atoms with Gasteiger partial charge in [0, 0.05) is 37.9 Å². The second kappa shape index (κ2) is 7.43. The number of rotatable bonds is 4. The van der Waals surface area contributed by atoms with E-state index < -0.39 is 0 Å². The molecule has 0 N–H and O–H groups in total. The van der Waals surface area contributed by atoms with Gasteiger partial charge in [0.1, 0.15) is 17.3 Å². The molecule has 1 atom stereocenters. The molecule has 0 saturated carbocycles. The molecule has 1 fully saturated rings. The Morgan fingerprint density at radius 1 is 1.26 bits per heavy atom. The number of carbonyl (C=O) groups excluding carboxylic acids is 1. The molecule has 140 valence electrons. The summed E-state index contributed by atoms with van der Waals surface area (Å²) in [6, 6.07) is 12.2. The Morgan fingerprint density at radius 3 is 2.81 bits per heavy atom. The van der Waals surface area contributed by atoms with Crippen LogP contribution >= 0.6 is 0 Å². The van der Waals surface area contributed by atoms with Crippen molar-refractivity contribution < 1.29 is 9.21 Å². The van der Waals surface area contributed by atoms with Crippen LogP contribution in [0.25, 0.3) is 0 Å². The van der Waals surface area contributed by atoms with Crippen LogP contribution in [-0.4, -0.2) is 33.4 Å². The van der Waals surface area contributed by atoms with Gasteiger partial charge in [0.2, 0.25) is 0 Å². The molecule has 1 aliphatic heterocycles. The topological polar surface area (TPSA) is 51.3 Å². The highest BCUT2D eigenvalue weighted by atomic mass is 16.3. The van der Waals surface area contributed by atoms with Crippen molar-refractivity contribution in [2.75, 3.05) is 13.1 Å². The van der Waals surface area contributed by atoms with E-state index in [1.807, 2.05) is 43.3 Å². The molecule has 1 aromatic carbocycles. The Labute approximate surface area is 159 Å². The highest BCUT2D eigenvalue weighted by Crippen LogP contribution is 2.28. The summed E-state index contributed by atoms with van der Waals surface area (Å²) in [5, 5.41) is 0. The predicted octanol–water partition coefficient (Wildman–Crippen LogP) is 4.16. The van der Waals surface area contributed by atoms with Crippen molar-refractivity contribution in [3.63, 3.8) is 0 Å². The number of benzene rings is 1. The number of aryl methyl sites for hydroxylation is 2. The third kappa shape index (κ3) is 3.68. The van der Waals surface area contributed by atoms with Crippen LogP contribution in [0.2, 0.25) is 0 Å². The van der Waals surface area contributed by atoms with Gasteiger partial charge in [0.25, 0.3) is 5.91 Å². The smallest absolute Gasteiger partial charge is 0.257 e. The lowest BCUT2D eigenvalue weighted by Gasteiger charge is -2.32. The van der Waals surface area contributed by atoms with Gasteiger partial charge in [0.15, 0.2) is 0 Å². The first-order valence-electron chi connectivity index (χ1n) is 9.53. The maximum Gasteiger partial charge on any atom is 0.257 e. The summed E-state index contributed by atoms with van der Waals surface area (Å²) in [7, 11) is 0. The molecular formula is C22H25N3O2. The Bertz CT molecular complexity index is 926. The predicted molar refractivity (Wildman–Crippen MR) is 104 cm³/mol. The van der Waals surface area contributed by atoms with Gasteiger partial charge >= 0.3 is 0 Å². The Morgan fingerprint density at radius 2 is 2.07 bits per heavy atom. The maximum absolute atomic E-state index is 13.0. The number of carbonyl (C=O) groups is 1. The van der Waals surface area contributed by atoms with Crippen LogP contribution in [0, 0.1) is 13.8 Å². The zero-order valence-electron chi connectivity index (χ0n) is 15.9. The SMILES string of the molecule is Cc1cc(C(=O)N2CCCC(c3nccn3Cc3ccccc3)C2)c(C)o1. The summed E-state index contributed by atoms with van der Waals surface area (Å²) in [6.45, 7) is 6.03. The van der Waals surface area contributed by atoms with E-state index in [1.165, 1.54) is 5.56 Å². The molecule has 1 amide bonds. The lowest BCUT2D eigenvalue weighted by atomic mass is 9.96. The number of amides is 1. The first-order chi connectivity index (χ1) is 13.1. The first-order valence-corrected chi connectivity index (χ1v) is 9.53. The maximum atomic E-state index is 13.0. The van der Waals surface area contributed by atoms with Crippen LogP contribution in [0.3, 0.4) is 0 Å². The number of likely N-dealkylation sites (tertiary alicyclic amines) is 1. The summed E-state index contributed by atoms with van der Waals surface area (Å²) >= 11 is 0. The molecule has 4 rings (SSSR count). The Hall–Kier alpha value is -2.82. The van der Waals surface area contributed by atoms with Crippen molar-refractivity contribution in [3.05, 3.63) is 77.3 Å². The average Bonchev–Trinajstić information content (AvgIpc) is 3.28. The van der Waals surface area contributed by atoms with Gasteiger partial charge in [-0.1, -0.05) is 30.3 Å². The van der Waals surface area contributed by atoms with Crippen LogP contribution in [0.15, 0.2) is 53.2 Å². The van der Waals surface area contributed by atoms with Gasteiger partial charge < -0.3 is 13.9 Å². The van der Waals surface area contributed by atoms with Gasteiger partial charge in [-0.3, -0.25) is 4.79 Å². The molecular weight excluding hydrogens is 338 g/mol. The summed E-state index contributed by atoms with van der Waals surface area (Å²) in [4.78, 5) is 19.5. The summed E-state index contributed by atoms with van der Waals surface area (Å²) < 4.78 is 7.76. The standard InChI is InChI=1S/C22H25N3O2/c1-16-13-20(17(2)27-16)22(26)25-11-6-9-19(15-25)21-23-10-12-24(21)14-18-7-4-3-5-8-18/h3-5,7-8,10,12-13,19H,6,9,11,14-15H2,1-2H3. The van der Waals surface area contributed by atoms with Crippen molar-refractivity contribution in [3.8, 4) is 0 Å². The highest BCUT2D eigenvalue weighted by molar-refractivity contribution is 5.95. The van der Waals surface area contributed by atoms with Crippen LogP contribution in [0.1, 0.15) is 52.0 Å². The van der Waals surface area contributed by atoms with Crippen molar-refractivity contribution in [1.29, 1.82) is 0 Å². The quantitative estimate of drug-likeness (QED) is 0.699. The minimum Gasteiger partial charge on any atom is -0.466 e. The van der Waals surface area contributed by atoms with Gasteiger partial charge in [-0.2, -0.15) is 0 Å². The number of piperidine rings is 1. The average molecular weight is 363 g/mol. The lowest BCUT2D eigenvalue weighted by Crippen LogP contribution is -2.39. The van der Waals surface area contributed by atoms with Gasteiger partial charge in [-0.25, -0.2) is 4.98 Å². The minimum atomic E-state index is 0.0650. The molecule has 0 radical (unpaired) electrons. The summed E-state index contributed by atoms with van der Waals surface area (Å²) in [6.07, 6.45) is 5.94. The van der Waals surface area contributed by atoms with E-state index in [0.29, 0.717) is 17.9 Å². The zero-order chi connectivity index (χ0) is 18.8. The fraction of sp³-hybridized carbons (Fsp3) is 0.364. The van der Waals surface area contributed by atoms with Crippen molar-refractivity contribution >= 4 is 5.91 Å². The molecule has 27 heavy (non-hydrogen) atoms. The van der Waals surface area contributed by atoms with Crippen molar-refractivity contribution in [1.82, 2.24) is 14.5 Å². The van der Waals surface area contributed by atoms with Crippen LogP contribution in [0.4, 0.5) is 0 Å². The summed E-state index contributed by atoms with van der Waals surface area (Å²) in [5.74, 6) is 2.87. The highest BCUT2D eigenvalue weighted by Gasteiger charge is 2.29. The van der Waals surface area contributed by atoms with Crippen molar-refractivity contribution in [2.24, 2.45) is 0 Å².